The molecule has 2 aromatic carbocycles. The van der Waals surface area contributed by atoms with E-state index in [2.05, 4.69) is 4.72 Å². The Labute approximate surface area is 177 Å². The molecule has 0 aromatic heterocycles. The Hall–Kier alpha value is -2.71. The summed E-state index contributed by atoms with van der Waals surface area (Å²) in [6.45, 7) is 5.66. The first-order valence-electron chi connectivity index (χ1n) is 9.80. The number of primary amides is 1. The van der Waals surface area contributed by atoms with Crippen molar-refractivity contribution in [3.63, 3.8) is 0 Å². The highest BCUT2D eigenvalue weighted by molar-refractivity contribution is 7.89. The lowest BCUT2D eigenvalue weighted by molar-refractivity contribution is 0.0729. The van der Waals surface area contributed by atoms with E-state index in [9.17, 15) is 18.0 Å². The minimum absolute atomic E-state index is 0.0600. The Morgan fingerprint density at radius 3 is 2.23 bits per heavy atom. The molecule has 0 atom stereocenters. The van der Waals surface area contributed by atoms with Crippen LogP contribution in [0.2, 0.25) is 0 Å². The van der Waals surface area contributed by atoms with E-state index in [0.717, 1.165) is 18.4 Å². The van der Waals surface area contributed by atoms with Gasteiger partial charge in [0.2, 0.25) is 15.9 Å². The molecule has 3 N–H and O–H groups in total. The molecule has 1 fully saturated rings. The van der Waals surface area contributed by atoms with Crippen LogP contribution in [0, 0.1) is 0 Å². The minimum Gasteiger partial charge on any atom is -0.366 e. The summed E-state index contributed by atoms with van der Waals surface area (Å²) in [5, 5.41) is 0. The summed E-state index contributed by atoms with van der Waals surface area (Å²) < 4.78 is 27.9. The molecule has 1 aliphatic carbocycles. The van der Waals surface area contributed by atoms with Gasteiger partial charge in [0.25, 0.3) is 5.91 Å². The van der Waals surface area contributed by atoms with Crippen molar-refractivity contribution in [1.29, 1.82) is 0 Å². The van der Waals surface area contributed by atoms with Crippen LogP contribution in [0.25, 0.3) is 0 Å². The van der Waals surface area contributed by atoms with Gasteiger partial charge < -0.3 is 10.6 Å². The molecule has 7 nitrogen and oxygen atoms in total. The normalized spacial score (nSPS) is 14.4. The molecule has 0 heterocycles. The summed E-state index contributed by atoms with van der Waals surface area (Å²) >= 11 is 0. The maximum Gasteiger partial charge on any atom is 0.254 e. The summed E-state index contributed by atoms with van der Waals surface area (Å²) in [5.41, 5.74) is 6.26. The molecule has 3 rings (SSSR count). The number of nitrogens with two attached hydrogens (primary N) is 1. The second-order valence-electron chi connectivity index (χ2n) is 8.61. The quantitative estimate of drug-likeness (QED) is 0.705. The highest BCUT2D eigenvalue weighted by Gasteiger charge is 2.33. The third-order valence-electron chi connectivity index (χ3n) is 4.67. The van der Waals surface area contributed by atoms with E-state index < -0.39 is 21.5 Å². The average molecular weight is 430 g/mol. The van der Waals surface area contributed by atoms with E-state index in [4.69, 9.17) is 5.73 Å². The van der Waals surface area contributed by atoms with Crippen LogP contribution in [0.3, 0.4) is 0 Å². The zero-order valence-corrected chi connectivity index (χ0v) is 18.2. The number of amides is 2. The maximum atomic E-state index is 13.2. The molecule has 0 bridgehead atoms. The van der Waals surface area contributed by atoms with Gasteiger partial charge in [0.15, 0.2) is 0 Å². The fourth-order valence-electron chi connectivity index (χ4n) is 3.15. The van der Waals surface area contributed by atoms with Crippen molar-refractivity contribution >= 4 is 21.8 Å². The van der Waals surface area contributed by atoms with Crippen LogP contribution in [0.1, 0.15) is 59.9 Å². The van der Waals surface area contributed by atoms with Gasteiger partial charge in [0, 0.05) is 29.3 Å². The van der Waals surface area contributed by atoms with Crippen LogP contribution in [0.4, 0.5) is 0 Å². The van der Waals surface area contributed by atoms with Gasteiger partial charge in [-0.05, 0) is 69.5 Å². The van der Waals surface area contributed by atoms with E-state index in [1.807, 2.05) is 0 Å². The zero-order chi connectivity index (χ0) is 22.1. The number of carbonyl (C=O) groups is 2. The predicted octanol–water partition coefficient (Wildman–Crippen LogP) is 2.67. The fourth-order valence-corrected chi connectivity index (χ4v) is 4.61. The first-order chi connectivity index (χ1) is 14.0. The average Bonchev–Trinajstić information content (AvgIpc) is 3.49. The summed E-state index contributed by atoms with van der Waals surface area (Å²) in [7, 11) is -3.74. The Bertz CT molecular complexity index is 1050. The van der Waals surface area contributed by atoms with Gasteiger partial charge >= 0.3 is 0 Å². The van der Waals surface area contributed by atoms with Crippen LogP contribution in [-0.2, 0) is 16.6 Å². The largest absolute Gasteiger partial charge is 0.366 e. The van der Waals surface area contributed by atoms with Crippen LogP contribution in [0.15, 0.2) is 53.4 Å². The molecule has 30 heavy (non-hydrogen) atoms. The van der Waals surface area contributed by atoms with Gasteiger partial charge in [-0.3, -0.25) is 9.59 Å². The van der Waals surface area contributed by atoms with Crippen molar-refractivity contribution in [2.24, 2.45) is 5.73 Å². The summed E-state index contributed by atoms with van der Waals surface area (Å²) in [5.74, 6) is -0.720. The molecule has 0 spiro atoms. The lowest BCUT2D eigenvalue weighted by Crippen LogP contribution is -2.40. The van der Waals surface area contributed by atoms with Crippen LogP contribution in [0.5, 0.6) is 0 Å². The first kappa shape index (κ1) is 22.0. The van der Waals surface area contributed by atoms with Gasteiger partial charge in [-0.25, -0.2) is 13.1 Å². The fraction of sp³-hybridized carbons (Fsp3) is 0.364. The van der Waals surface area contributed by atoms with Gasteiger partial charge in [-0.1, -0.05) is 18.2 Å². The Balaban J connectivity index is 1.83. The minimum atomic E-state index is -3.74. The Morgan fingerprint density at radius 2 is 1.70 bits per heavy atom. The van der Waals surface area contributed by atoms with Crippen LogP contribution < -0.4 is 10.5 Å². The van der Waals surface area contributed by atoms with Crippen molar-refractivity contribution in [3.8, 4) is 0 Å². The molecule has 0 unspecified atom stereocenters. The van der Waals surface area contributed by atoms with Crippen molar-refractivity contribution in [3.05, 3.63) is 65.2 Å². The van der Waals surface area contributed by atoms with E-state index in [1.54, 1.807) is 62.1 Å². The van der Waals surface area contributed by atoms with Crippen molar-refractivity contribution in [1.82, 2.24) is 9.62 Å². The number of hydrogen-bond acceptors (Lipinski definition) is 4. The van der Waals surface area contributed by atoms with Gasteiger partial charge in [-0.15, -0.1) is 0 Å². The van der Waals surface area contributed by atoms with E-state index >= 15 is 0 Å². The highest BCUT2D eigenvalue weighted by Crippen LogP contribution is 2.30. The summed E-state index contributed by atoms with van der Waals surface area (Å²) in [6, 6.07) is 13.1. The predicted molar refractivity (Wildman–Crippen MR) is 114 cm³/mol. The third kappa shape index (κ3) is 5.46. The molecule has 8 heteroatoms. The maximum absolute atomic E-state index is 13.2. The molecular formula is C22H27N3O4S. The highest BCUT2D eigenvalue weighted by atomic mass is 32.2. The second-order valence-corrected chi connectivity index (χ2v) is 10.3. The Morgan fingerprint density at radius 1 is 1.07 bits per heavy atom. The molecule has 1 aliphatic rings. The van der Waals surface area contributed by atoms with Crippen molar-refractivity contribution in [2.75, 3.05) is 0 Å². The number of nitrogens with zero attached hydrogens (tertiary/aromatic N) is 1. The molecule has 0 radical (unpaired) electrons. The zero-order valence-electron chi connectivity index (χ0n) is 17.4. The van der Waals surface area contributed by atoms with Gasteiger partial charge in [0.05, 0.1) is 4.90 Å². The number of benzene rings is 2. The standard InChI is InChI=1S/C22H27N3O4S/c1-22(2,3)24-30(28,29)19-6-4-5-17(13-19)21(27)25(18-11-12-18)14-15-7-9-16(10-8-15)20(23)26/h4-10,13,18,24H,11-12,14H2,1-3H3,(H2,23,26). The van der Waals surface area contributed by atoms with Gasteiger partial charge in [-0.2, -0.15) is 0 Å². The number of rotatable bonds is 7. The van der Waals surface area contributed by atoms with Crippen molar-refractivity contribution < 1.29 is 18.0 Å². The van der Waals surface area contributed by atoms with E-state index in [1.165, 1.54) is 12.1 Å². The molecule has 160 valence electrons. The summed E-state index contributed by atoms with van der Waals surface area (Å²) in [4.78, 5) is 26.3. The molecule has 0 saturated heterocycles. The lowest BCUT2D eigenvalue weighted by atomic mass is 10.1. The lowest BCUT2D eigenvalue weighted by Gasteiger charge is -2.24. The van der Waals surface area contributed by atoms with Crippen LogP contribution >= 0.6 is 0 Å². The third-order valence-corrected chi connectivity index (χ3v) is 6.43. The second kappa shape index (κ2) is 8.20. The number of carbonyl (C=O) groups excluding carboxylic acids is 2. The number of sulfonamides is 1. The molecule has 0 aliphatic heterocycles. The summed E-state index contributed by atoms with van der Waals surface area (Å²) in [6.07, 6.45) is 1.82. The van der Waals surface area contributed by atoms with Gasteiger partial charge in [0.1, 0.15) is 0 Å². The molecule has 2 aromatic rings. The number of nitrogens with one attached hydrogen (secondary N) is 1. The molecule has 1 saturated carbocycles. The Kier molecular flexibility index (Phi) is 6.01. The molecular weight excluding hydrogens is 402 g/mol. The first-order valence-corrected chi connectivity index (χ1v) is 11.3. The SMILES string of the molecule is CC(C)(C)NS(=O)(=O)c1cccc(C(=O)N(Cc2ccc(C(N)=O)cc2)C2CC2)c1. The molecule has 2 amide bonds. The topological polar surface area (TPSA) is 110 Å². The van der Waals surface area contributed by atoms with Crippen LogP contribution in [-0.4, -0.2) is 36.7 Å². The van der Waals surface area contributed by atoms with Crippen molar-refractivity contribution in [2.45, 2.75) is 56.6 Å². The number of hydrogen-bond donors (Lipinski definition) is 2. The van der Waals surface area contributed by atoms with E-state index in [-0.39, 0.29) is 16.8 Å². The van der Waals surface area contributed by atoms with E-state index in [0.29, 0.717) is 17.7 Å². The monoisotopic (exact) mass is 429 g/mol. The smallest absolute Gasteiger partial charge is 0.254 e.